The zero-order valence-electron chi connectivity index (χ0n) is 10.4. The van der Waals surface area contributed by atoms with Gasteiger partial charge in [-0.2, -0.15) is 0 Å². The van der Waals surface area contributed by atoms with Crippen LogP contribution in [0.3, 0.4) is 0 Å². The van der Waals surface area contributed by atoms with Crippen LogP contribution in [0.5, 0.6) is 0 Å². The summed E-state index contributed by atoms with van der Waals surface area (Å²) in [6.07, 6.45) is 0.958. The summed E-state index contributed by atoms with van der Waals surface area (Å²) in [5.74, 6) is 0.200. The van der Waals surface area contributed by atoms with E-state index in [2.05, 4.69) is 21.2 Å². The maximum absolute atomic E-state index is 12.0. The molecule has 0 bridgehead atoms. The Bertz CT molecular complexity index is 645. The fourth-order valence-electron chi connectivity index (χ4n) is 1.81. The van der Waals surface area contributed by atoms with Crippen LogP contribution in [0.4, 0.5) is 0 Å². The maximum atomic E-state index is 12.0. The Morgan fingerprint density at radius 2 is 2.05 bits per heavy atom. The number of amides is 1. The first kappa shape index (κ1) is 14.8. The molecular formula is C12H13BrClNO3S. The van der Waals surface area contributed by atoms with Crippen LogP contribution >= 0.6 is 26.6 Å². The second-order valence-corrected chi connectivity index (χ2v) is 8.20. The van der Waals surface area contributed by atoms with E-state index in [9.17, 15) is 13.2 Å². The number of rotatable bonds is 3. The van der Waals surface area contributed by atoms with E-state index >= 15 is 0 Å². The molecule has 104 valence electrons. The highest BCUT2D eigenvalue weighted by Gasteiger charge is 2.34. The van der Waals surface area contributed by atoms with Crippen LogP contribution in [0.2, 0.25) is 0 Å². The van der Waals surface area contributed by atoms with E-state index in [1.807, 2.05) is 6.92 Å². The molecule has 2 rings (SSSR count). The van der Waals surface area contributed by atoms with Gasteiger partial charge in [-0.1, -0.05) is 22.9 Å². The summed E-state index contributed by atoms with van der Waals surface area (Å²) in [6, 6.07) is 3.09. The van der Waals surface area contributed by atoms with E-state index in [1.165, 1.54) is 6.07 Å². The molecule has 0 heterocycles. The van der Waals surface area contributed by atoms with Crippen molar-refractivity contribution >= 4 is 41.6 Å². The van der Waals surface area contributed by atoms with E-state index in [-0.39, 0.29) is 22.4 Å². The van der Waals surface area contributed by atoms with Gasteiger partial charge in [0.15, 0.2) is 0 Å². The number of halogens is 2. The van der Waals surface area contributed by atoms with Gasteiger partial charge in [0.05, 0.1) is 4.90 Å². The fraction of sp³-hybridized carbons (Fsp3) is 0.417. The summed E-state index contributed by atoms with van der Waals surface area (Å²) in [4.78, 5) is 12.0. The van der Waals surface area contributed by atoms with Crippen molar-refractivity contribution in [2.45, 2.75) is 31.2 Å². The molecule has 0 saturated heterocycles. The van der Waals surface area contributed by atoms with E-state index in [1.54, 1.807) is 13.0 Å². The summed E-state index contributed by atoms with van der Waals surface area (Å²) in [7, 11) is 1.50. The predicted molar refractivity (Wildman–Crippen MR) is 77.0 cm³/mol. The predicted octanol–water partition coefficient (Wildman–Crippen LogP) is 2.82. The SMILES string of the molecule is Cc1c(Br)cc(C(=O)NC2CC2C)cc1S(=O)(=O)Cl. The Kier molecular flexibility index (Phi) is 3.95. The van der Waals surface area contributed by atoms with Crippen LogP contribution in [0, 0.1) is 12.8 Å². The van der Waals surface area contributed by atoms with Gasteiger partial charge >= 0.3 is 0 Å². The van der Waals surface area contributed by atoms with Gasteiger partial charge in [0.25, 0.3) is 15.0 Å². The van der Waals surface area contributed by atoms with Crippen molar-refractivity contribution in [2.24, 2.45) is 5.92 Å². The van der Waals surface area contributed by atoms with Crippen LogP contribution < -0.4 is 5.32 Å². The molecule has 0 spiro atoms. The molecule has 19 heavy (non-hydrogen) atoms. The molecule has 1 amide bonds. The molecule has 7 heteroatoms. The van der Waals surface area contributed by atoms with Gasteiger partial charge in [0.2, 0.25) is 0 Å². The average molecular weight is 367 g/mol. The van der Waals surface area contributed by atoms with Gasteiger partial charge in [-0.15, -0.1) is 0 Å². The monoisotopic (exact) mass is 365 g/mol. The Morgan fingerprint density at radius 1 is 1.47 bits per heavy atom. The molecule has 4 nitrogen and oxygen atoms in total. The Hall–Kier alpha value is -0.590. The molecule has 1 saturated carbocycles. The lowest BCUT2D eigenvalue weighted by Gasteiger charge is -2.09. The molecule has 0 aromatic heterocycles. The van der Waals surface area contributed by atoms with Crippen molar-refractivity contribution in [3.05, 3.63) is 27.7 Å². The smallest absolute Gasteiger partial charge is 0.261 e. The highest BCUT2D eigenvalue weighted by atomic mass is 79.9. The van der Waals surface area contributed by atoms with Crippen LogP contribution in [0.1, 0.15) is 29.3 Å². The number of carbonyl (C=O) groups is 1. The second-order valence-electron chi connectivity index (χ2n) is 4.81. The lowest BCUT2D eigenvalue weighted by Crippen LogP contribution is -2.26. The van der Waals surface area contributed by atoms with E-state index in [4.69, 9.17) is 10.7 Å². The van der Waals surface area contributed by atoms with Gasteiger partial charge in [0, 0.05) is 26.8 Å². The Balaban J connectivity index is 2.36. The van der Waals surface area contributed by atoms with Gasteiger partial charge in [0.1, 0.15) is 0 Å². The molecule has 1 aliphatic carbocycles. The molecule has 2 atom stereocenters. The number of hydrogen-bond donors (Lipinski definition) is 1. The minimum atomic E-state index is -3.87. The zero-order chi connectivity index (χ0) is 14.4. The third-order valence-corrected chi connectivity index (χ3v) is 5.52. The molecule has 1 aromatic carbocycles. The van der Waals surface area contributed by atoms with Crippen molar-refractivity contribution in [3.63, 3.8) is 0 Å². The van der Waals surface area contributed by atoms with Gasteiger partial charge < -0.3 is 5.32 Å². The maximum Gasteiger partial charge on any atom is 0.261 e. The van der Waals surface area contributed by atoms with Crippen LogP contribution in [0.25, 0.3) is 0 Å². The molecule has 2 unspecified atom stereocenters. The molecule has 1 aliphatic rings. The van der Waals surface area contributed by atoms with Gasteiger partial charge in [-0.3, -0.25) is 4.79 Å². The third-order valence-electron chi connectivity index (χ3n) is 3.25. The minimum Gasteiger partial charge on any atom is -0.349 e. The molecule has 1 fully saturated rings. The average Bonchev–Trinajstić information content (AvgIpc) is 2.96. The quantitative estimate of drug-likeness (QED) is 0.837. The van der Waals surface area contributed by atoms with Crippen molar-refractivity contribution in [1.29, 1.82) is 0 Å². The summed E-state index contributed by atoms with van der Waals surface area (Å²) in [6.45, 7) is 3.68. The third kappa shape index (κ3) is 3.30. The van der Waals surface area contributed by atoms with Crippen LogP contribution in [-0.4, -0.2) is 20.4 Å². The fourth-order valence-corrected chi connectivity index (χ4v) is 3.63. The lowest BCUT2D eigenvalue weighted by molar-refractivity contribution is 0.0949. The van der Waals surface area contributed by atoms with Crippen LogP contribution in [0.15, 0.2) is 21.5 Å². The molecule has 0 aliphatic heterocycles. The topological polar surface area (TPSA) is 63.2 Å². The summed E-state index contributed by atoms with van der Waals surface area (Å²) in [5, 5.41) is 2.85. The zero-order valence-corrected chi connectivity index (χ0v) is 13.6. The first-order valence-electron chi connectivity index (χ1n) is 5.76. The van der Waals surface area contributed by atoms with Gasteiger partial charge in [-0.25, -0.2) is 8.42 Å². The van der Waals surface area contributed by atoms with Crippen molar-refractivity contribution < 1.29 is 13.2 Å². The van der Waals surface area contributed by atoms with Gasteiger partial charge in [-0.05, 0) is 37.0 Å². The molecule has 1 aromatic rings. The molecule has 1 N–H and O–H groups in total. The largest absolute Gasteiger partial charge is 0.349 e. The van der Waals surface area contributed by atoms with Crippen molar-refractivity contribution in [2.75, 3.05) is 0 Å². The standard InChI is InChI=1S/C12H13BrClNO3S/c1-6-3-10(6)15-12(16)8-4-9(13)7(2)11(5-8)19(14,17)18/h4-6,10H,3H2,1-2H3,(H,15,16). The lowest BCUT2D eigenvalue weighted by atomic mass is 10.1. The first-order chi connectivity index (χ1) is 8.70. The minimum absolute atomic E-state index is 0.0439. The van der Waals surface area contributed by atoms with E-state index in [0.29, 0.717) is 16.0 Å². The summed E-state index contributed by atoms with van der Waals surface area (Å²) >= 11 is 3.25. The summed E-state index contributed by atoms with van der Waals surface area (Å²) in [5.41, 5.74) is 0.780. The number of hydrogen-bond acceptors (Lipinski definition) is 3. The highest BCUT2D eigenvalue weighted by Crippen LogP contribution is 2.31. The van der Waals surface area contributed by atoms with E-state index in [0.717, 1.165) is 6.42 Å². The number of nitrogens with one attached hydrogen (secondary N) is 1. The van der Waals surface area contributed by atoms with Crippen molar-refractivity contribution in [3.8, 4) is 0 Å². The summed E-state index contributed by atoms with van der Waals surface area (Å²) < 4.78 is 23.5. The number of carbonyl (C=O) groups excluding carboxylic acids is 1. The second kappa shape index (κ2) is 5.07. The van der Waals surface area contributed by atoms with Crippen LogP contribution in [-0.2, 0) is 9.05 Å². The highest BCUT2D eigenvalue weighted by molar-refractivity contribution is 9.10. The van der Waals surface area contributed by atoms with Crippen molar-refractivity contribution in [1.82, 2.24) is 5.32 Å². The number of benzene rings is 1. The van der Waals surface area contributed by atoms with E-state index < -0.39 is 9.05 Å². The molecule has 0 radical (unpaired) electrons. The Morgan fingerprint density at radius 3 is 2.53 bits per heavy atom. The first-order valence-corrected chi connectivity index (χ1v) is 8.86. The normalized spacial score (nSPS) is 22.1. The Labute approximate surface area is 125 Å². The molecular weight excluding hydrogens is 354 g/mol.